The van der Waals surface area contributed by atoms with Gasteiger partial charge in [0.25, 0.3) is 11.6 Å². The molecule has 0 aliphatic heterocycles. The molecule has 0 bridgehead atoms. The second kappa shape index (κ2) is 12.0. The number of hydrogen-bond donors (Lipinski definition) is 1. The second-order valence-corrected chi connectivity index (χ2v) is 7.11. The predicted molar refractivity (Wildman–Crippen MR) is 130 cm³/mol. The molecule has 1 N–H and O–H groups in total. The number of amides is 1. The Morgan fingerprint density at radius 3 is 2.39 bits per heavy atom. The van der Waals surface area contributed by atoms with Crippen molar-refractivity contribution >= 4 is 23.8 Å². The van der Waals surface area contributed by atoms with E-state index in [1.54, 1.807) is 31.2 Å². The van der Waals surface area contributed by atoms with Gasteiger partial charge in [-0.1, -0.05) is 6.07 Å². The molecule has 0 unspecified atom stereocenters. The highest BCUT2D eigenvalue weighted by Crippen LogP contribution is 2.31. The number of non-ortho nitro benzene ring substituents is 1. The quantitative estimate of drug-likeness (QED) is 0.147. The first-order chi connectivity index (χ1) is 17.4. The molecule has 0 heterocycles. The molecule has 0 aliphatic carbocycles. The summed E-state index contributed by atoms with van der Waals surface area (Å²) in [4.78, 5) is 35.2. The fourth-order valence-electron chi connectivity index (χ4n) is 3.07. The van der Waals surface area contributed by atoms with Gasteiger partial charge < -0.3 is 18.9 Å². The third kappa shape index (κ3) is 6.35. The molecule has 0 atom stereocenters. The number of nitro groups is 1. The van der Waals surface area contributed by atoms with Crippen molar-refractivity contribution in [3.63, 3.8) is 0 Å². The van der Waals surface area contributed by atoms with Gasteiger partial charge in [-0.15, -0.1) is 0 Å². The van der Waals surface area contributed by atoms with Crippen molar-refractivity contribution in [2.45, 2.75) is 6.92 Å². The van der Waals surface area contributed by atoms with Crippen molar-refractivity contribution in [3.05, 3.63) is 87.5 Å². The lowest BCUT2D eigenvalue weighted by Gasteiger charge is -2.12. The van der Waals surface area contributed by atoms with Crippen molar-refractivity contribution in [2.24, 2.45) is 5.10 Å². The van der Waals surface area contributed by atoms with E-state index < -0.39 is 16.8 Å². The third-order valence-electron chi connectivity index (χ3n) is 4.79. The van der Waals surface area contributed by atoms with Gasteiger partial charge in [-0.25, -0.2) is 10.2 Å². The Hall–Kier alpha value is -4.93. The number of hydrogen-bond acceptors (Lipinski definition) is 9. The summed E-state index contributed by atoms with van der Waals surface area (Å²) in [5, 5.41) is 14.8. The largest absolute Gasteiger partial charge is 0.493 e. The molecule has 0 radical (unpaired) electrons. The summed E-state index contributed by atoms with van der Waals surface area (Å²) in [6, 6.07) is 14.7. The first kappa shape index (κ1) is 25.7. The molecule has 11 nitrogen and oxygen atoms in total. The van der Waals surface area contributed by atoms with Crippen LogP contribution in [0, 0.1) is 10.1 Å². The molecule has 186 valence electrons. The number of benzene rings is 3. The molecule has 1 amide bonds. The number of esters is 1. The molecule has 3 aromatic rings. The Labute approximate surface area is 206 Å². The Balaban J connectivity index is 1.72. The van der Waals surface area contributed by atoms with Gasteiger partial charge >= 0.3 is 5.97 Å². The van der Waals surface area contributed by atoms with Crippen LogP contribution < -0.4 is 24.4 Å². The number of nitrogens with zero attached hydrogens (tertiary/aromatic N) is 2. The van der Waals surface area contributed by atoms with E-state index in [0.717, 1.165) is 6.07 Å². The zero-order valence-corrected chi connectivity index (χ0v) is 19.7. The maximum absolute atomic E-state index is 12.7. The zero-order valence-electron chi connectivity index (χ0n) is 19.7. The van der Waals surface area contributed by atoms with Crippen molar-refractivity contribution in [3.8, 4) is 23.0 Å². The molecule has 0 spiro atoms. The number of nitro benzene ring substituents is 1. The van der Waals surface area contributed by atoms with Gasteiger partial charge in [0.15, 0.2) is 23.0 Å². The minimum Gasteiger partial charge on any atom is -0.493 e. The van der Waals surface area contributed by atoms with Crippen LogP contribution in [0.5, 0.6) is 23.0 Å². The lowest BCUT2D eigenvalue weighted by atomic mass is 10.2. The van der Waals surface area contributed by atoms with E-state index >= 15 is 0 Å². The van der Waals surface area contributed by atoms with Gasteiger partial charge in [0.1, 0.15) is 0 Å². The summed E-state index contributed by atoms with van der Waals surface area (Å²) in [6.07, 6.45) is 1.36. The van der Waals surface area contributed by atoms with Crippen LogP contribution in [0.15, 0.2) is 65.8 Å². The first-order valence-electron chi connectivity index (χ1n) is 10.6. The lowest BCUT2D eigenvalue weighted by molar-refractivity contribution is -0.384. The van der Waals surface area contributed by atoms with Crippen LogP contribution in [-0.2, 0) is 0 Å². The standard InChI is InChI=1S/C25H23N3O8/c1-4-35-23-12-16(15-26-27-24(29)17-6-5-7-19(13-17)28(31)32)8-10-21(23)36-25(30)18-9-11-20(33-2)22(14-18)34-3/h5-15H,4H2,1-3H3,(H,27,29). The summed E-state index contributed by atoms with van der Waals surface area (Å²) in [5.74, 6) is 0.110. The molecule has 36 heavy (non-hydrogen) atoms. The molecule has 0 fully saturated rings. The topological polar surface area (TPSA) is 139 Å². The van der Waals surface area contributed by atoms with Crippen LogP contribution in [0.25, 0.3) is 0 Å². The minimum absolute atomic E-state index is 0.0915. The first-order valence-corrected chi connectivity index (χ1v) is 10.6. The molecule has 0 aliphatic rings. The Bertz CT molecular complexity index is 1310. The normalized spacial score (nSPS) is 10.5. The smallest absolute Gasteiger partial charge is 0.343 e. The lowest BCUT2D eigenvalue weighted by Crippen LogP contribution is -2.17. The fraction of sp³-hybridized carbons (Fsp3) is 0.160. The number of carbonyl (C=O) groups excluding carboxylic acids is 2. The number of carbonyl (C=O) groups is 2. The average molecular weight is 493 g/mol. The maximum atomic E-state index is 12.7. The summed E-state index contributed by atoms with van der Waals surface area (Å²) in [7, 11) is 2.96. The molecule has 0 saturated carbocycles. The van der Waals surface area contributed by atoms with Gasteiger partial charge in [0.05, 0.1) is 37.5 Å². The molecule has 11 heteroatoms. The Morgan fingerprint density at radius 1 is 0.944 bits per heavy atom. The van der Waals surface area contributed by atoms with Crippen LogP contribution >= 0.6 is 0 Å². The summed E-state index contributed by atoms with van der Waals surface area (Å²) < 4.78 is 21.5. The van der Waals surface area contributed by atoms with E-state index in [-0.39, 0.29) is 22.6 Å². The van der Waals surface area contributed by atoms with E-state index in [4.69, 9.17) is 18.9 Å². The Morgan fingerprint density at radius 2 is 1.69 bits per heavy atom. The van der Waals surface area contributed by atoms with E-state index in [1.807, 2.05) is 0 Å². The molecule has 3 aromatic carbocycles. The van der Waals surface area contributed by atoms with Crippen LogP contribution in [0.2, 0.25) is 0 Å². The maximum Gasteiger partial charge on any atom is 0.343 e. The molecular formula is C25H23N3O8. The number of nitrogens with one attached hydrogen (secondary N) is 1. The number of hydrazone groups is 1. The predicted octanol–water partition coefficient (Wildman–Crippen LogP) is 3.99. The second-order valence-electron chi connectivity index (χ2n) is 7.11. The van der Waals surface area contributed by atoms with Crippen molar-refractivity contribution in [1.29, 1.82) is 0 Å². The SMILES string of the molecule is CCOc1cc(C=NNC(=O)c2cccc([N+](=O)[O-])c2)ccc1OC(=O)c1ccc(OC)c(OC)c1. The minimum atomic E-state index is -0.623. The highest BCUT2D eigenvalue weighted by atomic mass is 16.6. The van der Waals surface area contributed by atoms with E-state index in [9.17, 15) is 19.7 Å². The monoisotopic (exact) mass is 493 g/mol. The van der Waals surface area contributed by atoms with Crippen molar-refractivity contribution in [1.82, 2.24) is 5.43 Å². The van der Waals surface area contributed by atoms with Gasteiger partial charge in [-0.3, -0.25) is 14.9 Å². The molecular weight excluding hydrogens is 470 g/mol. The van der Waals surface area contributed by atoms with E-state index in [0.29, 0.717) is 29.4 Å². The highest BCUT2D eigenvalue weighted by molar-refractivity contribution is 5.95. The van der Waals surface area contributed by atoms with Gasteiger partial charge in [0, 0.05) is 17.7 Å². The summed E-state index contributed by atoms with van der Waals surface area (Å²) in [5.41, 5.74) is 3.00. The van der Waals surface area contributed by atoms with Crippen LogP contribution in [-0.4, -0.2) is 43.8 Å². The van der Waals surface area contributed by atoms with Gasteiger partial charge in [0.2, 0.25) is 0 Å². The fourth-order valence-corrected chi connectivity index (χ4v) is 3.07. The number of ether oxygens (including phenoxy) is 4. The van der Waals surface area contributed by atoms with Crippen LogP contribution in [0.1, 0.15) is 33.2 Å². The highest BCUT2D eigenvalue weighted by Gasteiger charge is 2.16. The van der Waals surface area contributed by atoms with Crippen molar-refractivity contribution < 1.29 is 33.5 Å². The molecule has 0 aromatic heterocycles. The molecule has 0 saturated heterocycles. The Kier molecular flexibility index (Phi) is 8.54. The number of rotatable bonds is 10. The zero-order chi connectivity index (χ0) is 26.1. The van der Waals surface area contributed by atoms with Crippen molar-refractivity contribution in [2.75, 3.05) is 20.8 Å². The number of methoxy groups -OCH3 is 2. The third-order valence-corrected chi connectivity index (χ3v) is 4.79. The summed E-state index contributed by atoms with van der Waals surface area (Å²) >= 11 is 0. The van der Waals surface area contributed by atoms with Gasteiger partial charge in [-0.05, 0) is 55.0 Å². The van der Waals surface area contributed by atoms with Gasteiger partial charge in [-0.2, -0.15) is 5.10 Å². The average Bonchev–Trinajstić information content (AvgIpc) is 2.89. The van der Waals surface area contributed by atoms with E-state index in [2.05, 4.69) is 10.5 Å². The summed E-state index contributed by atoms with van der Waals surface area (Å²) in [6.45, 7) is 2.09. The molecule has 3 rings (SSSR count). The van der Waals surface area contributed by atoms with Crippen LogP contribution in [0.4, 0.5) is 5.69 Å². The van der Waals surface area contributed by atoms with Crippen LogP contribution in [0.3, 0.4) is 0 Å². The van der Waals surface area contributed by atoms with E-state index in [1.165, 1.54) is 50.8 Å².